The van der Waals surface area contributed by atoms with E-state index in [0.29, 0.717) is 6.54 Å². The minimum Gasteiger partial charge on any atom is -0.325 e. The summed E-state index contributed by atoms with van der Waals surface area (Å²) in [5.74, 6) is 0.786. The Morgan fingerprint density at radius 3 is 2.67 bits per heavy atom. The molecule has 2 aromatic rings. The van der Waals surface area contributed by atoms with Gasteiger partial charge in [-0.15, -0.1) is 0 Å². The Kier molecular flexibility index (Phi) is 2.79. The smallest absolute Gasteiger partial charge is 0.160 e. The zero-order valence-corrected chi connectivity index (χ0v) is 9.64. The van der Waals surface area contributed by atoms with Gasteiger partial charge in [0.05, 0.1) is 5.69 Å². The van der Waals surface area contributed by atoms with Crippen LogP contribution in [-0.4, -0.2) is 9.97 Å². The quantitative estimate of drug-likeness (QED) is 0.843. The molecule has 0 fully saturated rings. The molecule has 4 heteroatoms. The Labute approximate surface area is 93.0 Å². The van der Waals surface area contributed by atoms with Crippen molar-refractivity contribution in [1.29, 1.82) is 0 Å². The van der Waals surface area contributed by atoms with Crippen LogP contribution in [0.25, 0.3) is 11.4 Å². The molecule has 0 aliphatic rings. The fourth-order valence-corrected chi connectivity index (χ4v) is 2.27. The third-order valence-electron chi connectivity index (χ3n) is 2.21. The van der Waals surface area contributed by atoms with E-state index in [4.69, 9.17) is 5.73 Å². The lowest BCUT2D eigenvalue weighted by Gasteiger charge is -2.03. The summed E-state index contributed by atoms with van der Waals surface area (Å²) < 4.78 is 0. The molecule has 0 saturated heterocycles. The number of hydrogen-bond acceptors (Lipinski definition) is 4. The molecule has 0 unspecified atom stereocenters. The molecule has 0 atom stereocenters. The van der Waals surface area contributed by atoms with Crippen molar-refractivity contribution in [2.75, 3.05) is 0 Å². The van der Waals surface area contributed by atoms with E-state index in [1.807, 2.05) is 13.0 Å². The van der Waals surface area contributed by atoms with Gasteiger partial charge in [-0.1, -0.05) is 0 Å². The largest absolute Gasteiger partial charge is 0.325 e. The van der Waals surface area contributed by atoms with E-state index < -0.39 is 0 Å². The van der Waals surface area contributed by atoms with E-state index in [2.05, 4.69) is 27.7 Å². The maximum absolute atomic E-state index is 5.59. The number of hydrogen-bond donors (Lipinski definition) is 1. The van der Waals surface area contributed by atoms with Crippen molar-refractivity contribution in [2.24, 2.45) is 5.73 Å². The van der Waals surface area contributed by atoms with Crippen molar-refractivity contribution < 1.29 is 0 Å². The molecule has 0 spiro atoms. The zero-order chi connectivity index (χ0) is 10.8. The van der Waals surface area contributed by atoms with Gasteiger partial charge >= 0.3 is 0 Å². The van der Waals surface area contributed by atoms with Gasteiger partial charge < -0.3 is 5.73 Å². The maximum atomic E-state index is 5.59. The summed E-state index contributed by atoms with van der Waals surface area (Å²) in [7, 11) is 0. The van der Waals surface area contributed by atoms with Crippen molar-refractivity contribution in [1.82, 2.24) is 9.97 Å². The van der Waals surface area contributed by atoms with Crippen molar-refractivity contribution >= 4 is 11.3 Å². The van der Waals surface area contributed by atoms with Gasteiger partial charge in [-0.3, -0.25) is 0 Å². The third-order valence-corrected chi connectivity index (χ3v) is 3.07. The predicted molar refractivity (Wildman–Crippen MR) is 62.7 cm³/mol. The number of thiophene rings is 1. The average Bonchev–Trinajstić information content (AvgIpc) is 2.63. The highest BCUT2D eigenvalue weighted by Gasteiger charge is 2.07. The van der Waals surface area contributed by atoms with E-state index in [0.717, 1.165) is 22.8 Å². The van der Waals surface area contributed by atoms with Crippen LogP contribution in [0.4, 0.5) is 0 Å². The first-order chi connectivity index (χ1) is 7.20. The summed E-state index contributed by atoms with van der Waals surface area (Å²) in [5.41, 5.74) is 9.77. The summed E-state index contributed by atoms with van der Waals surface area (Å²) >= 11 is 1.67. The number of aromatic nitrogens is 2. The lowest BCUT2D eigenvalue weighted by atomic mass is 10.2. The molecule has 2 heterocycles. The van der Waals surface area contributed by atoms with Crippen LogP contribution < -0.4 is 5.73 Å². The van der Waals surface area contributed by atoms with Crippen molar-refractivity contribution in [3.63, 3.8) is 0 Å². The number of nitrogens with two attached hydrogens (primary N) is 1. The van der Waals surface area contributed by atoms with Crippen LogP contribution in [-0.2, 0) is 6.54 Å². The number of nitrogens with zero attached hydrogens (tertiary/aromatic N) is 2. The molecule has 0 amide bonds. The molecule has 78 valence electrons. The lowest BCUT2D eigenvalue weighted by molar-refractivity contribution is 0.953. The molecule has 0 radical (unpaired) electrons. The van der Waals surface area contributed by atoms with Crippen LogP contribution in [0.1, 0.15) is 17.0 Å². The van der Waals surface area contributed by atoms with E-state index in [1.165, 1.54) is 5.56 Å². The molecule has 0 aliphatic carbocycles. The fourth-order valence-electron chi connectivity index (χ4n) is 1.45. The summed E-state index contributed by atoms with van der Waals surface area (Å²) in [6.07, 6.45) is 0. The molecule has 2 rings (SSSR count). The minimum atomic E-state index is 0.458. The molecule has 0 aliphatic heterocycles. The second kappa shape index (κ2) is 4.08. The SMILES string of the molecule is Cc1cc(CN)nc(-c2cscc2C)n1. The summed E-state index contributed by atoms with van der Waals surface area (Å²) in [5, 5.41) is 4.17. The first kappa shape index (κ1) is 10.3. The molecular formula is C11H13N3S. The van der Waals surface area contributed by atoms with Crippen LogP contribution in [0, 0.1) is 13.8 Å². The monoisotopic (exact) mass is 219 g/mol. The first-order valence-corrected chi connectivity index (χ1v) is 5.73. The Bertz CT molecular complexity index is 476. The molecule has 3 nitrogen and oxygen atoms in total. The van der Waals surface area contributed by atoms with Gasteiger partial charge in [0, 0.05) is 23.2 Å². The van der Waals surface area contributed by atoms with Gasteiger partial charge in [0.25, 0.3) is 0 Å². The van der Waals surface area contributed by atoms with E-state index in [9.17, 15) is 0 Å². The van der Waals surface area contributed by atoms with Crippen LogP contribution >= 0.6 is 11.3 Å². The van der Waals surface area contributed by atoms with Crippen LogP contribution in [0.5, 0.6) is 0 Å². The molecule has 0 aromatic carbocycles. The number of aryl methyl sites for hydroxylation is 2. The van der Waals surface area contributed by atoms with E-state index in [-0.39, 0.29) is 0 Å². The summed E-state index contributed by atoms with van der Waals surface area (Å²) in [6.45, 7) is 4.49. The highest BCUT2D eigenvalue weighted by molar-refractivity contribution is 7.08. The minimum absolute atomic E-state index is 0.458. The molecule has 2 N–H and O–H groups in total. The van der Waals surface area contributed by atoms with Crippen LogP contribution in [0.2, 0.25) is 0 Å². The van der Waals surface area contributed by atoms with Crippen LogP contribution in [0.15, 0.2) is 16.8 Å². The van der Waals surface area contributed by atoms with Gasteiger partial charge in [0.1, 0.15) is 0 Å². The summed E-state index contributed by atoms with van der Waals surface area (Å²) in [4.78, 5) is 8.85. The second-order valence-corrected chi connectivity index (χ2v) is 4.24. The molecular weight excluding hydrogens is 206 g/mol. The van der Waals surface area contributed by atoms with Crippen molar-refractivity contribution in [2.45, 2.75) is 20.4 Å². The van der Waals surface area contributed by atoms with Gasteiger partial charge in [-0.05, 0) is 30.9 Å². The maximum Gasteiger partial charge on any atom is 0.160 e. The average molecular weight is 219 g/mol. The highest BCUT2D eigenvalue weighted by Crippen LogP contribution is 2.23. The van der Waals surface area contributed by atoms with Crippen LogP contribution in [0.3, 0.4) is 0 Å². The van der Waals surface area contributed by atoms with E-state index >= 15 is 0 Å². The molecule has 0 bridgehead atoms. The molecule has 15 heavy (non-hydrogen) atoms. The van der Waals surface area contributed by atoms with Gasteiger partial charge in [-0.2, -0.15) is 11.3 Å². The lowest BCUT2D eigenvalue weighted by Crippen LogP contribution is -2.03. The second-order valence-electron chi connectivity index (χ2n) is 3.50. The Morgan fingerprint density at radius 2 is 2.07 bits per heavy atom. The highest BCUT2D eigenvalue weighted by atomic mass is 32.1. The van der Waals surface area contributed by atoms with E-state index in [1.54, 1.807) is 11.3 Å². The Morgan fingerprint density at radius 1 is 1.27 bits per heavy atom. The van der Waals surface area contributed by atoms with Gasteiger partial charge in [-0.25, -0.2) is 9.97 Å². The third kappa shape index (κ3) is 2.06. The normalized spacial score (nSPS) is 10.6. The molecule has 2 aromatic heterocycles. The standard InChI is InChI=1S/C11H13N3S/c1-7-5-15-6-10(7)11-13-8(2)3-9(4-12)14-11/h3,5-6H,4,12H2,1-2H3. The predicted octanol–water partition coefficient (Wildman–Crippen LogP) is 2.28. The molecule has 0 saturated carbocycles. The fraction of sp³-hybridized carbons (Fsp3) is 0.273. The first-order valence-electron chi connectivity index (χ1n) is 4.78. The van der Waals surface area contributed by atoms with Crippen molar-refractivity contribution in [3.05, 3.63) is 33.8 Å². The zero-order valence-electron chi connectivity index (χ0n) is 8.82. The van der Waals surface area contributed by atoms with Gasteiger partial charge in [0.15, 0.2) is 5.82 Å². The van der Waals surface area contributed by atoms with Gasteiger partial charge in [0.2, 0.25) is 0 Å². The van der Waals surface area contributed by atoms with Crippen molar-refractivity contribution in [3.8, 4) is 11.4 Å². The Hall–Kier alpha value is -1.26. The topological polar surface area (TPSA) is 51.8 Å². The summed E-state index contributed by atoms with van der Waals surface area (Å²) in [6, 6.07) is 1.92. The Balaban J connectivity index is 2.53. The number of rotatable bonds is 2.